The highest BCUT2D eigenvalue weighted by molar-refractivity contribution is 7.89. The molecule has 0 fully saturated rings. The fourth-order valence-electron chi connectivity index (χ4n) is 2.53. The number of amides is 1. The van der Waals surface area contributed by atoms with Crippen molar-refractivity contribution in [3.8, 4) is 0 Å². The number of carbonyl (C=O) groups excluding carboxylic acids is 1. The predicted octanol–water partition coefficient (Wildman–Crippen LogP) is 3.38. The summed E-state index contributed by atoms with van der Waals surface area (Å²) in [6.07, 6.45) is 0.913. The first-order valence-electron chi connectivity index (χ1n) is 8.95. The van der Waals surface area contributed by atoms with Gasteiger partial charge in [-0.2, -0.15) is 0 Å². The highest BCUT2D eigenvalue weighted by atomic mass is 35.5. The molecular weight excluding hydrogens is 398 g/mol. The maximum absolute atomic E-state index is 12.6. The van der Waals surface area contributed by atoms with E-state index in [2.05, 4.69) is 14.9 Å². The minimum atomic E-state index is -3.72. The molecular formula is C20H26ClN3O3S. The Morgan fingerprint density at radius 2 is 1.75 bits per heavy atom. The summed E-state index contributed by atoms with van der Waals surface area (Å²) in [6, 6.07) is 11.4. The molecule has 0 radical (unpaired) electrons. The first-order chi connectivity index (χ1) is 13.1. The smallest absolute Gasteiger partial charge is 0.257 e. The third kappa shape index (κ3) is 6.31. The summed E-state index contributed by atoms with van der Waals surface area (Å²) in [5, 5.41) is 2.95. The number of anilines is 1. The number of nitrogens with one attached hydrogen (secondary N) is 2. The van der Waals surface area contributed by atoms with Crippen molar-refractivity contribution in [2.75, 3.05) is 26.0 Å². The van der Waals surface area contributed by atoms with E-state index in [4.69, 9.17) is 11.6 Å². The van der Waals surface area contributed by atoms with E-state index in [1.165, 1.54) is 18.2 Å². The van der Waals surface area contributed by atoms with Gasteiger partial charge in [0.15, 0.2) is 0 Å². The quantitative estimate of drug-likeness (QED) is 0.682. The van der Waals surface area contributed by atoms with E-state index < -0.39 is 15.9 Å². The molecule has 6 nitrogen and oxygen atoms in total. The van der Waals surface area contributed by atoms with E-state index in [-0.39, 0.29) is 21.5 Å². The zero-order valence-electron chi connectivity index (χ0n) is 16.5. The van der Waals surface area contributed by atoms with Gasteiger partial charge in [0.2, 0.25) is 10.0 Å². The first-order valence-corrected chi connectivity index (χ1v) is 10.8. The monoisotopic (exact) mass is 423 g/mol. The van der Waals surface area contributed by atoms with Crippen LogP contribution in [-0.4, -0.2) is 45.9 Å². The molecule has 8 heteroatoms. The number of rotatable bonds is 8. The van der Waals surface area contributed by atoms with Crippen LogP contribution in [0.25, 0.3) is 0 Å². The number of hydrogen-bond acceptors (Lipinski definition) is 4. The molecule has 28 heavy (non-hydrogen) atoms. The number of hydrogen-bond donors (Lipinski definition) is 2. The summed E-state index contributed by atoms with van der Waals surface area (Å²) in [6.45, 7) is 4.39. The van der Waals surface area contributed by atoms with Crippen LogP contribution in [0.4, 0.5) is 5.69 Å². The molecule has 0 unspecified atom stereocenters. The summed E-state index contributed by atoms with van der Waals surface area (Å²) in [4.78, 5) is 14.7. The van der Waals surface area contributed by atoms with E-state index in [1.807, 2.05) is 38.4 Å². The molecule has 1 amide bonds. The van der Waals surface area contributed by atoms with Gasteiger partial charge in [-0.25, -0.2) is 13.1 Å². The SMILES string of the molecule is CC(C)NS(=O)(=O)c1ccc(Cl)c(C(=O)Nc2ccc(CCN(C)C)cc2)c1. The lowest BCUT2D eigenvalue weighted by molar-refractivity contribution is 0.102. The van der Waals surface area contributed by atoms with Crippen LogP contribution in [0.2, 0.25) is 5.02 Å². The van der Waals surface area contributed by atoms with E-state index in [0.29, 0.717) is 5.69 Å². The zero-order valence-corrected chi connectivity index (χ0v) is 18.1. The molecule has 0 bridgehead atoms. The number of likely N-dealkylation sites (N-methyl/N-ethyl adjacent to an activating group) is 1. The van der Waals surface area contributed by atoms with Crippen molar-refractivity contribution in [1.82, 2.24) is 9.62 Å². The second-order valence-corrected chi connectivity index (χ2v) is 9.24. The van der Waals surface area contributed by atoms with Gasteiger partial charge in [0, 0.05) is 18.3 Å². The largest absolute Gasteiger partial charge is 0.322 e. The molecule has 2 N–H and O–H groups in total. The second-order valence-electron chi connectivity index (χ2n) is 7.12. The van der Waals surface area contributed by atoms with Crippen molar-refractivity contribution < 1.29 is 13.2 Å². The molecule has 0 aliphatic carbocycles. The summed E-state index contributed by atoms with van der Waals surface area (Å²) < 4.78 is 27.2. The second kappa shape index (κ2) is 9.52. The van der Waals surface area contributed by atoms with Gasteiger partial charge in [-0.15, -0.1) is 0 Å². The van der Waals surface area contributed by atoms with Gasteiger partial charge >= 0.3 is 0 Å². The molecule has 2 rings (SSSR count). The number of carbonyl (C=O) groups is 1. The summed E-state index contributed by atoms with van der Waals surface area (Å²) in [5.41, 5.74) is 1.88. The topological polar surface area (TPSA) is 78.5 Å². The van der Waals surface area contributed by atoms with Gasteiger partial charge < -0.3 is 10.2 Å². The number of nitrogens with zero attached hydrogens (tertiary/aromatic N) is 1. The molecule has 2 aromatic carbocycles. The summed E-state index contributed by atoms with van der Waals surface area (Å²) >= 11 is 6.13. The van der Waals surface area contributed by atoms with Crippen molar-refractivity contribution in [1.29, 1.82) is 0 Å². The minimum absolute atomic E-state index is 0.00483. The minimum Gasteiger partial charge on any atom is -0.322 e. The fourth-order valence-corrected chi connectivity index (χ4v) is 4.01. The van der Waals surface area contributed by atoms with Gasteiger partial charge in [-0.05, 0) is 70.3 Å². The zero-order chi connectivity index (χ0) is 20.9. The van der Waals surface area contributed by atoms with Gasteiger partial charge in [0.1, 0.15) is 0 Å². The Morgan fingerprint density at radius 3 is 2.32 bits per heavy atom. The maximum Gasteiger partial charge on any atom is 0.257 e. The number of sulfonamides is 1. The first kappa shape index (κ1) is 22.4. The van der Waals surface area contributed by atoms with Gasteiger partial charge in [-0.1, -0.05) is 23.7 Å². The van der Waals surface area contributed by atoms with E-state index in [0.717, 1.165) is 18.5 Å². The van der Waals surface area contributed by atoms with Crippen molar-refractivity contribution in [2.24, 2.45) is 0 Å². The highest BCUT2D eigenvalue weighted by Gasteiger charge is 2.19. The van der Waals surface area contributed by atoms with Crippen LogP contribution in [0.5, 0.6) is 0 Å². The predicted molar refractivity (Wildman–Crippen MR) is 114 cm³/mol. The highest BCUT2D eigenvalue weighted by Crippen LogP contribution is 2.22. The summed E-state index contributed by atoms with van der Waals surface area (Å²) in [7, 11) is 0.318. The van der Waals surface area contributed by atoms with Crippen molar-refractivity contribution in [3.63, 3.8) is 0 Å². The molecule has 0 aromatic heterocycles. The van der Waals surface area contributed by atoms with E-state index in [9.17, 15) is 13.2 Å². The Labute approximate surface area is 171 Å². The molecule has 0 saturated carbocycles. The van der Waals surface area contributed by atoms with Crippen LogP contribution in [0.15, 0.2) is 47.4 Å². The maximum atomic E-state index is 12.6. The van der Waals surface area contributed by atoms with E-state index >= 15 is 0 Å². The lowest BCUT2D eigenvalue weighted by Gasteiger charge is -2.12. The summed E-state index contributed by atoms with van der Waals surface area (Å²) in [5.74, 6) is -0.465. The van der Waals surface area contributed by atoms with Gasteiger partial charge in [0.25, 0.3) is 5.91 Å². The van der Waals surface area contributed by atoms with Crippen LogP contribution in [0, 0.1) is 0 Å². The van der Waals surface area contributed by atoms with Crippen LogP contribution in [0.3, 0.4) is 0 Å². The third-order valence-electron chi connectivity index (χ3n) is 3.94. The Kier molecular flexibility index (Phi) is 7.60. The number of halogens is 1. The van der Waals surface area contributed by atoms with Gasteiger partial charge in [-0.3, -0.25) is 4.79 Å². The standard InChI is InChI=1S/C20H26ClN3O3S/c1-14(2)23-28(26,27)17-9-10-19(21)18(13-17)20(25)22-16-7-5-15(6-8-16)11-12-24(3)4/h5-10,13-14,23H,11-12H2,1-4H3,(H,22,25). The molecule has 2 aromatic rings. The Balaban J connectivity index is 2.17. The molecule has 0 heterocycles. The molecule has 152 valence electrons. The van der Waals surface area contributed by atoms with Crippen LogP contribution >= 0.6 is 11.6 Å². The Bertz CT molecular complexity index is 926. The van der Waals surface area contributed by atoms with Crippen molar-refractivity contribution >= 4 is 33.2 Å². The molecule has 0 saturated heterocycles. The molecule has 0 aliphatic rings. The molecule has 0 spiro atoms. The lowest BCUT2D eigenvalue weighted by atomic mass is 10.1. The van der Waals surface area contributed by atoms with E-state index in [1.54, 1.807) is 13.8 Å². The third-order valence-corrected chi connectivity index (χ3v) is 5.93. The van der Waals surface area contributed by atoms with Crippen molar-refractivity contribution in [3.05, 3.63) is 58.6 Å². The lowest BCUT2D eigenvalue weighted by Crippen LogP contribution is -2.30. The fraction of sp³-hybridized carbons (Fsp3) is 0.350. The number of benzene rings is 2. The Morgan fingerprint density at radius 1 is 1.11 bits per heavy atom. The molecule has 0 aliphatic heterocycles. The Hall–Kier alpha value is -1.93. The average molecular weight is 424 g/mol. The van der Waals surface area contributed by atoms with Crippen LogP contribution < -0.4 is 10.0 Å². The van der Waals surface area contributed by atoms with Gasteiger partial charge in [0.05, 0.1) is 15.5 Å². The van der Waals surface area contributed by atoms with Crippen molar-refractivity contribution in [2.45, 2.75) is 31.2 Å². The van der Waals surface area contributed by atoms with Crippen LogP contribution in [0.1, 0.15) is 29.8 Å². The molecule has 0 atom stereocenters. The average Bonchev–Trinajstić information content (AvgIpc) is 2.60. The van der Waals surface area contributed by atoms with Crippen LogP contribution in [-0.2, 0) is 16.4 Å². The normalized spacial score (nSPS) is 11.8.